The summed E-state index contributed by atoms with van der Waals surface area (Å²) in [6, 6.07) is 0. The van der Waals surface area contributed by atoms with Gasteiger partial charge in [0.15, 0.2) is 5.78 Å². The molecule has 0 saturated carbocycles. The zero-order valence-corrected chi connectivity index (χ0v) is 6.68. The second-order valence-corrected chi connectivity index (χ2v) is 2.91. The highest BCUT2D eigenvalue weighted by molar-refractivity contribution is 5.95. The average Bonchev–Trinajstić information content (AvgIpc) is 1.98. The molecule has 11 heavy (non-hydrogen) atoms. The predicted molar refractivity (Wildman–Crippen MR) is 43.3 cm³/mol. The fourth-order valence-corrected chi connectivity index (χ4v) is 1.31. The second kappa shape index (κ2) is 4.29. The van der Waals surface area contributed by atoms with Crippen LogP contribution in [0.4, 0.5) is 0 Å². The normalized spacial score (nSPS) is 25.2. The predicted octanol–water partition coefficient (Wildman–Crippen LogP) is 1.44. The van der Waals surface area contributed by atoms with E-state index in [0.29, 0.717) is 12.0 Å². The molecule has 1 N–H and O–H groups in total. The number of hydrogen-bond donors (Lipinski definition) is 1. The molecule has 62 valence electrons. The first kappa shape index (κ1) is 8.47. The molecule has 0 aromatic heterocycles. The Balaban J connectivity index is 2.60. The summed E-state index contributed by atoms with van der Waals surface area (Å²) in [6.45, 7) is -0.0845. The topological polar surface area (TPSA) is 37.3 Å². The third-order valence-electron chi connectivity index (χ3n) is 2.03. The minimum atomic E-state index is -0.0845. The summed E-state index contributed by atoms with van der Waals surface area (Å²) < 4.78 is 0. The minimum absolute atomic E-state index is 0.0845. The number of aliphatic hydroxyl groups is 1. The highest BCUT2D eigenvalue weighted by atomic mass is 16.3. The first-order valence-electron chi connectivity index (χ1n) is 4.17. The van der Waals surface area contributed by atoms with Crippen LogP contribution >= 0.6 is 0 Å². The Morgan fingerprint density at radius 1 is 1.36 bits per heavy atom. The van der Waals surface area contributed by atoms with Crippen LogP contribution in [0.1, 0.15) is 32.1 Å². The molecule has 1 aliphatic carbocycles. The zero-order valence-electron chi connectivity index (χ0n) is 6.68. The van der Waals surface area contributed by atoms with Gasteiger partial charge >= 0.3 is 0 Å². The molecule has 1 rings (SSSR count). The lowest BCUT2D eigenvalue weighted by Crippen LogP contribution is -2.07. The van der Waals surface area contributed by atoms with E-state index in [0.717, 1.165) is 25.7 Å². The Morgan fingerprint density at radius 2 is 2.18 bits per heavy atom. The standard InChI is InChI=1S/C9H14O2/c10-7-8-5-3-1-2-4-6-9(8)11/h5,10H,1-4,6-7H2/b8-5-. The summed E-state index contributed by atoms with van der Waals surface area (Å²) in [6.07, 6.45) is 6.71. The van der Waals surface area contributed by atoms with Gasteiger partial charge in [0.05, 0.1) is 6.61 Å². The van der Waals surface area contributed by atoms with Crippen molar-refractivity contribution in [3.63, 3.8) is 0 Å². The lowest BCUT2D eigenvalue weighted by Gasteiger charge is -2.07. The number of hydrogen-bond acceptors (Lipinski definition) is 2. The maximum absolute atomic E-state index is 11.2. The Bertz CT molecular complexity index is 170. The molecule has 0 spiro atoms. The molecule has 0 amide bonds. The van der Waals surface area contributed by atoms with Crippen molar-refractivity contribution in [1.82, 2.24) is 0 Å². The van der Waals surface area contributed by atoms with Gasteiger partial charge in [-0.05, 0) is 19.3 Å². The summed E-state index contributed by atoms with van der Waals surface area (Å²) in [5.41, 5.74) is 0.615. The van der Waals surface area contributed by atoms with Crippen molar-refractivity contribution in [3.8, 4) is 0 Å². The van der Waals surface area contributed by atoms with Crippen LogP contribution in [0.25, 0.3) is 0 Å². The van der Waals surface area contributed by atoms with Crippen molar-refractivity contribution in [2.75, 3.05) is 6.61 Å². The maximum atomic E-state index is 11.2. The van der Waals surface area contributed by atoms with Crippen molar-refractivity contribution in [2.45, 2.75) is 32.1 Å². The smallest absolute Gasteiger partial charge is 0.160 e. The van der Waals surface area contributed by atoms with Gasteiger partial charge in [0.2, 0.25) is 0 Å². The number of allylic oxidation sites excluding steroid dienone is 1. The first-order chi connectivity index (χ1) is 5.34. The molecule has 0 aromatic rings. The fourth-order valence-electron chi connectivity index (χ4n) is 1.31. The summed E-state index contributed by atoms with van der Waals surface area (Å²) in [5, 5.41) is 8.79. The second-order valence-electron chi connectivity index (χ2n) is 2.91. The lowest BCUT2D eigenvalue weighted by molar-refractivity contribution is -0.116. The van der Waals surface area contributed by atoms with Crippen molar-refractivity contribution in [2.24, 2.45) is 0 Å². The van der Waals surface area contributed by atoms with Crippen LogP contribution < -0.4 is 0 Å². The third-order valence-corrected chi connectivity index (χ3v) is 2.03. The number of carbonyl (C=O) groups excluding carboxylic acids is 1. The number of ketones is 1. The van der Waals surface area contributed by atoms with Crippen molar-refractivity contribution in [1.29, 1.82) is 0 Å². The van der Waals surface area contributed by atoms with Gasteiger partial charge in [-0.15, -0.1) is 0 Å². The van der Waals surface area contributed by atoms with E-state index in [1.807, 2.05) is 6.08 Å². The van der Waals surface area contributed by atoms with Crippen LogP contribution in [0.3, 0.4) is 0 Å². The number of carbonyl (C=O) groups is 1. The van der Waals surface area contributed by atoms with Crippen molar-refractivity contribution in [3.05, 3.63) is 11.6 Å². The minimum Gasteiger partial charge on any atom is -0.392 e. The molecule has 0 radical (unpaired) electrons. The molecule has 0 unspecified atom stereocenters. The monoisotopic (exact) mass is 154 g/mol. The summed E-state index contributed by atoms with van der Waals surface area (Å²) in [7, 11) is 0. The van der Waals surface area contributed by atoms with Crippen LogP contribution in [0, 0.1) is 0 Å². The SMILES string of the molecule is O=C1CCCCC/C=C\1CO. The Labute approximate surface area is 66.9 Å². The van der Waals surface area contributed by atoms with Crippen LogP contribution in [-0.4, -0.2) is 17.5 Å². The molecule has 0 saturated heterocycles. The zero-order chi connectivity index (χ0) is 8.10. The van der Waals surface area contributed by atoms with E-state index in [1.54, 1.807) is 0 Å². The van der Waals surface area contributed by atoms with E-state index in [-0.39, 0.29) is 12.4 Å². The molecule has 0 atom stereocenters. The molecule has 0 bridgehead atoms. The van der Waals surface area contributed by atoms with Crippen LogP contribution in [-0.2, 0) is 4.79 Å². The van der Waals surface area contributed by atoms with Gasteiger partial charge in [-0.3, -0.25) is 4.79 Å². The van der Waals surface area contributed by atoms with E-state index in [2.05, 4.69) is 0 Å². The Morgan fingerprint density at radius 3 is 2.91 bits per heavy atom. The maximum Gasteiger partial charge on any atom is 0.160 e. The van der Waals surface area contributed by atoms with E-state index >= 15 is 0 Å². The first-order valence-corrected chi connectivity index (χ1v) is 4.17. The largest absolute Gasteiger partial charge is 0.392 e. The molecule has 0 aliphatic heterocycles. The highest BCUT2D eigenvalue weighted by Crippen LogP contribution is 2.13. The van der Waals surface area contributed by atoms with E-state index in [4.69, 9.17) is 5.11 Å². The van der Waals surface area contributed by atoms with Gasteiger partial charge in [0.1, 0.15) is 0 Å². The average molecular weight is 154 g/mol. The van der Waals surface area contributed by atoms with Crippen LogP contribution in [0.2, 0.25) is 0 Å². The van der Waals surface area contributed by atoms with Crippen LogP contribution in [0.15, 0.2) is 11.6 Å². The van der Waals surface area contributed by atoms with E-state index < -0.39 is 0 Å². The molecular weight excluding hydrogens is 140 g/mol. The molecule has 1 aliphatic rings. The quantitative estimate of drug-likeness (QED) is 0.620. The van der Waals surface area contributed by atoms with Crippen molar-refractivity contribution < 1.29 is 9.90 Å². The molecule has 0 fully saturated rings. The summed E-state index contributed by atoms with van der Waals surface area (Å²) in [4.78, 5) is 11.2. The summed E-state index contributed by atoms with van der Waals surface area (Å²) in [5.74, 6) is 0.132. The Hall–Kier alpha value is -0.630. The number of Topliss-reactive ketones (excluding diaryl/α,β-unsaturated/α-hetero) is 1. The third kappa shape index (κ3) is 2.46. The number of aliphatic hydroxyl groups excluding tert-OH is 1. The molecular formula is C9H14O2. The van der Waals surface area contributed by atoms with Gasteiger partial charge in [0.25, 0.3) is 0 Å². The number of rotatable bonds is 1. The van der Waals surface area contributed by atoms with Crippen molar-refractivity contribution >= 4 is 5.78 Å². The molecule has 0 aromatic carbocycles. The van der Waals surface area contributed by atoms with Gasteiger partial charge in [-0.2, -0.15) is 0 Å². The molecule has 0 heterocycles. The molecule has 2 nitrogen and oxygen atoms in total. The van der Waals surface area contributed by atoms with Gasteiger partial charge < -0.3 is 5.11 Å². The highest BCUT2D eigenvalue weighted by Gasteiger charge is 2.09. The van der Waals surface area contributed by atoms with Gasteiger partial charge in [-0.1, -0.05) is 12.5 Å². The fraction of sp³-hybridized carbons (Fsp3) is 0.667. The Kier molecular flexibility index (Phi) is 3.30. The van der Waals surface area contributed by atoms with E-state index in [1.165, 1.54) is 0 Å². The molecule has 2 heteroatoms. The van der Waals surface area contributed by atoms with Gasteiger partial charge in [-0.25, -0.2) is 0 Å². The van der Waals surface area contributed by atoms with Crippen LogP contribution in [0.5, 0.6) is 0 Å². The summed E-state index contributed by atoms with van der Waals surface area (Å²) >= 11 is 0. The van der Waals surface area contributed by atoms with E-state index in [9.17, 15) is 4.79 Å². The lowest BCUT2D eigenvalue weighted by atomic mass is 9.99. The van der Waals surface area contributed by atoms with Gasteiger partial charge in [0, 0.05) is 12.0 Å².